The lowest BCUT2D eigenvalue weighted by atomic mass is 9.97. The molecule has 2 heteroatoms. The third-order valence-electron chi connectivity index (χ3n) is 4.20. The minimum Gasteiger partial charge on any atom is -0.456 e. The Kier molecular flexibility index (Phi) is 2.98. The molecular weight excluding hydrogens is 272 g/mol. The normalized spacial score (nSPS) is 12.8. The zero-order valence-electron chi connectivity index (χ0n) is 12.3. The first kappa shape index (κ1) is 13.1. The van der Waals surface area contributed by atoms with E-state index in [-0.39, 0.29) is 0 Å². The van der Waals surface area contributed by atoms with E-state index >= 15 is 0 Å². The number of aliphatic hydroxyl groups is 1. The molecule has 4 rings (SSSR count). The molecule has 0 aliphatic heterocycles. The molecule has 3 aromatic carbocycles. The zero-order valence-corrected chi connectivity index (χ0v) is 12.3. The van der Waals surface area contributed by atoms with Crippen molar-refractivity contribution in [3.8, 4) is 0 Å². The van der Waals surface area contributed by atoms with Crippen LogP contribution < -0.4 is 0 Å². The molecule has 22 heavy (non-hydrogen) atoms. The van der Waals surface area contributed by atoms with Gasteiger partial charge in [-0.05, 0) is 35.7 Å². The Morgan fingerprint density at radius 1 is 0.818 bits per heavy atom. The van der Waals surface area contributed by atoms with E-state index < -0.39 is 6.10 Å². The molecular formula is C20H16O2. The standard InChI is InChI=1S/C20H16O2/c1-13-6-2-3-7-15(13)20(21)14-10-11-17-16-8-4-5-9-18(16)22-19(17)12-14/h2-12,20-21H,1H3/t20-/m1/s1. The van der Waals surface area contributed by atoms with Gasteiger partial charge in [-0.25, -0.2) is 0 Å². The highest BCUT2D eigenvalue weighted by atomic mass is 16.3. The van der Waals surface area contributed by atoms with E-state index in [0.717, 1.165) is 38.6 Å². The summed E-state index contributed by atoms with van der Waals surface area (Å²) in [6.07, 6.45) is -0.640. The van der Waals surface area contributed by atoms with Crippen LogP contribution in [0.4, 0.5) is 0 Å². The quantitative estimate of drug-likeness (QED) is 0.564. The van der Waals surface area contributed by atoms with Crippen LogP contribution in [0.25, 0.3) is 21.9 Å². The number of fused-ring (bicyclic) bond motifs is 3. The largest absolute Gasteiger partial charge is 0.456 e. The van der Waals surface area contributed by atoms with Crippen LogP contribution in [0, 0.1) is 6.92 Å². The number of hydrogen-bond donors (Lipinski definition) is 1. The van der Waals surface area contributed by atoms with Gasteiger partial charge >= 0.3 is 0 Å². The summed E-state index contributed by atoms with van der Waals surface area (Å²) in [5, 5.41) is 12.9. The van der Waals surface area contributed by atoms with Crippen molar-refractivity contribution in [1.29, 1.82) is 0 Å². The van der Waals surface area contributed by atoms with Crippen LogP contribution in [-0.4, -0.2) is 5.11 Å². The van der Waals surface area contributed by atoms with Crippen LogP contribution in [0.1, 0.15) is 22.8 Å². The van der Waals surface area contributed by atoms with Gasteiger partial charge < -0.3 is 9.52 Å². The fraction of sp³-hybridized carbons (Fsp3) is 0.100. The van der Waals surface area contributed by atoms with E-state index in [9.17, 15) is 5.11 Å². The predicted octanol–water partition coefficient (Wildman–Crippen LogP) is 4.98. The monoisotopic (exact) mass is 288 g/mol. The van der Waals surface area contributed by atoms with Crippen molar-refractivity contribution < 1.29 is 9.52 Å². The lowest BCUT2D eigenvalue weighted by Gasteiger charge is -2.13. The molecule has 1 aromatic heterocycles. The highest BCUT2D eigenvalue weighted by molar-refractivity contribution is 6.04. The third kappa shape index (κ3) is 2.00. The number of aryl methyl sites for hydroxylation is 1. The molecule has 0 amide bonds. The van der Waals surface area contributed by atoms with E-state index in [1.165, 1.54) is 0 Å². The van der Waals surface area contributed by atoms with Gasteiger partial charge in [0.25, 0.3) is 0 Å². The first-order valence-corrected chi connectivity index (χ1v) is 7.39. The molecule has 0 saturated carbocycles. The van der Waals surface area contributed by atoms with Crippen LogP contribution >= 0.6 is 0 Å². The topological polar surface area (TPSA) is 33.4 Å². The molecule has 0 bridgehead atoms. The third-order valence-corrected chi connectivity index (χ3v) is 4.20. The summed E-state index contributed by atoms with van der Waals surface area (Å²) in [5.41, 5.74) is 4.55. The van der Waals surface area contributed by atoms with Crippen LogP contribution in [0.2, 0.25) is 0 Å². The number of rotatable bonds is 2. The van der Waals surface area contributed by atoms with Gasteiger partial charge in [0.1, 0.15) is 17.3 Å². The van der Waals surface area contributed by atoms with Crippen molar-refractivity contribution in [1.82, 2.24) is 0 Å². The summed E-state index contributed by atoms with van der Waals surface area (Å²) in [5.74, 6) is 0. The Morgan fingerprint density at radius 2 is 1.55 bits per heavy atom. The molecule has 108 valence electrons. The van der Waals surface area contributed by atoms with Crippen molar-refractivity contribution in [3.63, 3.8) is 0 Å². The number of benzene rings is 3. The van der Waals surface area contributed by atoms with Crippen molar-refractivity contribution >= 4 is 21.9 Å². The first-order chi connectivity index (χ1) is 10.7. The second-order valence-corrected chi connectivity index (χ2v) is 5.61. The predicted molar refractivity (Wildman–Crippen MR) is 89.0 cm³/mol. The minimum absolute atomic E-state index is 0.640. The van der Waals surface area contributed by atoms with Gasteiger partial charge in [0.15, 0.2) is 0 Å². The minimum atomic E-state index is -0.640. The molecule has 1 heterocycles. The molecule has 0 spiro atoms. The average molecular weight is 288 g/mol. The van der Waals surface area contributed by atoms with Crippen molar-refractivity contribution in [2.24, 2.45) is 0 Å². The highest BCUT2D eigenvalue weighted by Crippen LogP contribution is 2.32. The molecule has 0 saturated heterocycles. The lowest BCUT2D eigenvalue weighted by Crippen LogP contribution is -2.01. The molecule has 0 radical (unpaired) electrons. The average Bonchev–Trinajstić information content (AvgIpc) is 2.92. The fourth-order valence-corrected chi connectivity index (χ4v) is 2.99. The molecule has 0 aliphatic rings. The molecule has 4 aromatic rings. The van der Waals surface area contributed by atoms with Gasteiger partial charge in [-0.15, -0.1) is 0 Å². The Labute approximate surface area is 128 Å². The second-order valence-electron chi connectivity index (χ2n) is 5.61. The summed E-state index contributed by atoms with van der Waals surface area (Å²) < 4.78 is 5.90. The highest BCUT2D eigenvalue weighted by Gasteiger charge is 2.15. The van der Waals surface area contributed by atoms with E-state index in [2.05, 4.69) is 6.07 Å². The van der Waals surface area contributed by atoms with Gasteiger partial charge in [-0.2, -0.15) is 0 Å². The van der Waals surface area contributed by atoms with Gasteiger partial charge in [-0.3, -0.25) is 0 Å². The summed E-state index contributed by atoms with van der Waals surface area (Å²) >= 11 is 0. The van der Waals surface area contributed by atoms with Gasteiger partial charge in [0.2, 0.25) is 0 Å². The summed E-state index contributed by atoms with van der Waals surface area (Å²) in [7, 11) is 0. The molecule has 2 nitrogen and oxygen atoms in total. The Balaban J connectivity index is 1.86. The maximum absolute atomic E-state index is 10.7. The Bertz CT molecular complexity index is 966. The molecule has 0 aliphatic carbocycles. The van der Waals surface area contributed by atoms with Crippen LogP contribution in [-0.2, 0) is 0 Å². The first-order valence-electron chi connectivity index (χ1n) is 7.39. The summed E-state index contributed by atoms with van der Waals surface area (Å²) in [6.45, 7) is 2.01. The van der Waals surface area contributed by atoms with Gasteiger partial charge in [0, 0.05) is 10.8 Å². The molecule has 0 unspecified atom stereocenters. The van der Waals surface area contributed by atoms with Crippen LogP contribution in [0.3, 0.4) is 0 Å². The Hall–Kier alpha value is -2.58. The SMILES string of the molecule is Cc1ccccc1[C@H](O)c1ccc2c(c1)oc1ccccc12. The molecule has 1 N–H and O–H groups in total. The van der Waals surface area contributed by atoms with Gasteiger partial charge in [-0.1, -0.05) is 54.6 Å². The van der Waals surface area contributed by atoms with Crippen molar-refractivity contribution in [2.45, 2.75) is 13.0 Å². The lowest BCUT2D eigenvalue weighted by molar-refractivity contribution is 0.219. The van der Waals surface area contributed by atoms with Crippen molar-refractivity contribution in [3.05, 3.63) is 83.4 Å². The Morgan fingerprint density at radius 3 is 2.41 bits per heavy atom. The smallest absolute Gasteiger partial charge is 0.135 e. The fourth-order valence-electron chi connectivity index (χ4n) is 2.99. The molecule has 1 atom stereocenters. The number of aliphatic hydroxyl groups excluding tert-OH is 1. The van der Waals surface area contributed by atoms with Gasteiger partial charge in [0.05, 0.1) is 0 Å². The zero-order chi connectivity index (χ0) is 15.1. The van der Waals surface area contributed by atoms with E-state index in [4.69, 9.17) is 4.42 Å². The number of para-hydroxylation sites is 1. The van der Waals surface area contributed by atoms with Crippen molar-refractivity contribution in [2.75, 3.05) is 0 Å². The summed E-state index contributed by atoms with van der Waals surface area (Å²) in [6, 6.07) is 21.8. The number of furan rings is 1. The maximum atomic E-state index is 10.7. The van der Waals surface area contributed by atoms with Crippen LogP contribution in [0.5, 0.6) is 0 Å². The second kappa shape index (κ2) is 5.00. The van der Waals surface area contributed by atoms with E-state index in [0.29, 0.717) is 0 Å². The number of hydrogen-bond acceptors (Lipinski definition) is 2. The van der Waals surface area contributed by atoms with E-state index in [1.54, 1.807) is 0 Å². The van der Waals surface area contributed by atoms with Crippen LogP contribution in [0.15, 0.2) is 71.1 Å². The maximum Gasteiger partial charge on any atom is 0.135 e. The van der Waals surface area contributed by atoms with E-state index in [1.807, 2.05) is 67.6 Å². The molecule has 0 fully saturated rings. The summed E-state index contributed by atoms with van der Waals surface area (Å²) in [4.78, 5) is 0.